The van der Waals surface area contributed by atoms with Gasteiger partial charge in [0, 0.05) is 46.0 Å². The normalized spacial score (nSPS) is 14.8. The molecule has 0 saturated carbocycles. The van der Waals surface area contributed by atoms with E-state index in [1.807, 2.05) is 94.1 Å². The van der Waals surface area contributed by atoms with Crippen molar-refractivity contribution in [3.63, 3.8) is 0 Å². The molecule has 15 rings (SSSR count). The van der Waals surface area contributed by atoms with Crippen LogP contribution in [-0.4, -0.2) is 0 Å². The lowest BCUT2D eigenvalue weighted by Gasteiger charge is -2.08. The van der Waals surface area contributed by atoms with Gasteiger partial charge in [0.15, 0.2) is 0 Å². The summed E-state index contributed by atoms with van der Waals surface area (Å²) in [6.07, 6.45) is 0. The van der Waals surface area contributed by atoms with Crippen LogP contribution < -0.4 is 0 Å². The highest BCUT2D eigenvalue weighted by Crippen LogP contribution is 2.47. The van der Waals surface area contributed by atoms with E-state index >= 15 is 0 Å². The van der Waals surface area contributed by atoms with Gasteiger partial charge in [-0.3, -0.25) is 0 Å². The number of thioether (sulfide) groups is 8. The molecule has 11 heterocycles. The van der Waals surface area contributed by atoms with Gasteiger partial charge in [-0.25, -0.2) is 0 Å². The first-order chi connectivity index (χ1) is 31.2. The summed E-state index contributed by atoms with van der Waals surface area (Å²) in [5, 5.41) is 0. The smallest absolute Gasteiger partial charge is 0.109 e. The van der Waals surface area contributed by atoms with E-state index in [0.717, 1.165) is 58.6 Å². The molecule has 0 fully saturated rings. The molecule has 328 valence electrons. The highest BCUT2D eigenvalue weighted by Gasteiger charge is 2.15. The molecule has 8 bridgehead atoms. The highest BCUT2D eigenvalue weighted by molar-refractivity contribution is 8.06. The van der Waals surface area contributed by atoms with Crippen LogP contribution in [0.4, 0.5) is 0 Å². The zero-order valence-corrected chi connectivity index (χ0v) is 49.4. The van der Waals surface area contributed by atoms with Gasteiger partial charge in [-0.05, 0) is 44.5 Å². The average Bonchev–Trinajstić information content (AvgIpc) is 4.07. The van der Waals surface area contributed by atoms with E-state index in [0.29, 0.717) is 0 Å². The summed E-state index contributed by atoms with van der Waals surface area (Å²) in [5.41, 5.74) is 10.7. The maximum absolute atomic E-state index is 5.69. The van der Waals surface area contributed by atoms with Crippen LogP contribution in [-0.2, 0) is 46.0 Å². The number of benzene rings is 4. The van der Waals surface area contributed by atoms with Crippen molar-refractivity contribution < 1.29 is 0 Å². The van der Waals surface area contributed by atoms with Gasteiger partial charge in [-0.2, -0.15) is 0 Å². The Kier molecular flexibility index (Phi) is 19.2. The van der Waals surface area contributed by atoms with Gasteiger partial charge in [-0.15, -0.1) is 185 Å². The van der Waals surface area contributed by atoms with E-state index in [1.54, 1.807) is 90.7 Å². The Balaban J connectivity index is 0.892. The second-order valence-electron chi connectivity index (χ2n) is 13.7. The van der Waals surface area contributed by atoms with Crippen LogP contribution in [0, 0.1) is 12.6 Å². The third-order valence-corrected chi connectivity index (χ3v) is 32.0. The lowest BCUT2D eigenvalue weighted by atomic mass is 10.2. The first-order valence-electron chi connectivity index (χ1n) is 19.1. The second-order valence-corrected chi connectivity index (χ2v) is 36.5. The first kappa shape index (κ1) is 49.7. The van der Waals surface area contributed by atoms with Crippen molar-refractivity contribution in [2.75, 3.05) is 0 Å². The van der Waals surface area contributed by atoms with E-state index in [2.05, 4.69) is 97.1 Å². The lowest BCUT2D eigenvalue weighted by molar-refractivity contribution is 1.32. The zero-order chi connectivity index (χ0) is 43.8. The van der Waals surface area contributed by atoms with Gasteiger partial charge in [0.25, 0.3) is 0 Å². The summed E-state index contributed by atoms with van der Waals surface area (Å²) < 4.78 is 14.6. The maximum Gasteiger partial charge on any atom is 0.145 e. The average molecular weight is 1200 g/mol. The van der Waals surface area contributed by atoms with Gasteiger partial charge in [-0.1, -0.05) is 146 Å². The monoisotopic (exact) mass is 1200 g/mol. The zero-order valence-electron chi connectivity index (χ0n) is 33.1. The summed E-state index contributed by atoms with van der Waals surface area (Å²) >= 11 is 52.0. The van der Waals surface area contributed by atoms with Crippen molar-refractivity contribution in [1.82, 2.24) is 0 Å². The molecular weight excluding hydrogens is 1170 g/mol. The molecule has 20 heteroatoms. The van der Waals surface area contributed by atoms with E-state index < -0.39 is 0 Å². The summed E-state index contributed by atoms with van der Waals surface area (Å²) in [6, 6.07) is 36.6. The molecule has 4 aromatic heterocycles. The fourth-order valence-corrected chi connectivity index (χ4v) is 29.9. The Morgan fingerprint density at radius 1 is 0.203 bits per heavy atom. The largest absolute Gasteiger partial charge is 0.145 e. The van der Waals surface area contributed by atoms with E-state index in [-0.39, 0.29) is 0 Å². The SMILES string of the molecule is S=c1sc2c(s1)SCc1ccc(cc1)CSc1sc(=S)sc1SCc1ccc(cc1)CSc1sc(=S)sc1SCc1ccc(cc1)CSc1sc(=S)sc1SCc1ccc(cc1)CS2. The van der Waals surface area contributed by atoms with E-state index in [1.165, 1.54) is 78.2 Å². The van der Waals surface area contributed by atoms with Crippen LogP contribution in [0.25, 0.3) is 0 Å². The van der Waals surface area contributed by atoms with E-state index in [4.69, 9.17) is 48.9 Å². The molecule has 0 saturated heterocycles. The van der Waals surface area contributed by atoms with Crippen LogP contribution in [0.2, 0.25) is 0 Å². The Labute approximate surface area is 460 Å². The summed E-state index contributed by atoms with van der Waals surface area (Å²) in [4.78, 5) is 0. The molecule has 0 aliphatic carbocycles. The maximum atomic E-state index is 5.69. The number of hydrogen-bond donors (Lipinski definition) is 0. The number of rotatable bonds is 0. The Morgan fingerprint density at radius 3 is 0.422 bits per heavy atom. The van der Waals surface area contributed by atoms with Gasteiger partial charge >= 0.3 is 0 Å². The molecule has 0 nitrogen and oxygen atoms in total. The topological polar surface area (TPSA) is 0 Å². The van der Waals surface area contributed by atoms with Crippen molar-refractivity contribution in [1.29, 1.82) is 0 Å². The predicted molar refractivity (Wildman–Crippen MR) is 314 cm³/mol. The summed E-state index contributed by atoms with van der Waals surface area (Å²) in [7, 11) is 0. The molecule has 64 heavy (non-hydrogen) atoms. The predicted octanol–water partition coefficient (Wildman–Crippen LogP) is 21.7. The second kappa shape index (κ2) is 24.7. The van der Waals surface area contributed by atoms with Crippen LogP contribution in [0.3, 0.4) is 0 Å². The molecule has 0 unspecified atom stereocenters. The van der Waals surface area contributed by atoms with Gasteiger partial charge < -0.3 is 0 Å². The van der Waals surface area contributed by atoms with Crippen molar-refractivity contribution >= 4 is 234 Å². The Morgan fingerprint density at radius 2 is 0.312 bits per heavy atom. The minimum absolute atomic E-state index is 0.929. The van der Waals surface area contributed by atoms with Crippen molar-refractivity contribution in [3.05, 3.63) is 154 Å². The first-order valence-corrected chi connectivity index (χ1v) is 35.2. The lowest BCUT2D eigenvalue weighted by Crippen LogP contribution is -1.86. The molecule has 0 amide bonds. The summed E-state index contributed by atoms with van der Waals surface area (Å²) in [6.45, 7) is 0. The standard InChI is InChI=1S/C44H32S20/c45-41-57-33-34(58-41)51-19-27-5-7-29(8-6-27)21-53-37-38(62-43(47)61-37)55-23-31-13-15-32(16-14-31)24-56-40-39(63-44(48)64-40)54-22-30-11-9-28(10-12-30)20-52-36-35(59-42(46)60-36)50-18-26-2-1-25(3-4-26)17-49-33/h1-16H,17-24H2. The van der Waals surface area contributed by atoms with Crippen LogP contribution in [0.5, 0.6) is 0 Å². The van der Waals surface area contributed by atoms with E-state index in [9.17, 15) is 0 Å². The molecule has 7 aliphatic heterocycles. The summed E-state index contributed by atoms with van der Waals surface area (Å²) in [5.74, 6) is 7.43. The molecule has 4 aromatic carbocycles. The molecule has 0 spiro atoms. The molecule has 8 aromatic rings. The van der Waals surface area contributed by atoms with Crippen LogP contribution in [0.1, 0.15) is 44.5 Å². The fourth-order valence-electron chi connectivity index (χ4n) is 5.85. The van der Waals surface area contributed by atoms with Crippen molar-refractivity contribution in [3.8, 4) is 0 Å². The molecule has 0 atom stereocenters. The molecule has 7 aliphatic rings. The third kappa shape index (κ3) is 14.4. The number of hydrogen-bond acceptors (Lipinski definition) is 20. The third-order valence-electron chi connectivity index (χ3n) is 9.13. The van der Waals surface area contributed by atoms with Gasteiger partial charge in [0.2, 0.25) is 0 Å². The van der Waals surface area contributed by atoms with Gasteiger partial charge in [0.1, 0.15) is 12.6 Å². The quantitative estimate of drug-likeness (QED) is 0.133. The van der Waals surface area contributed by atoms with Crippen molar-refractivity contribution in [2.45, 2.75) is 79.7 Å². The molecule has 0 radical (unpaired) electrons. The Bertz CT molecular complexity index is 2420. The molecular formula is C44H32S20. The fraction of sp³-hybridized carbons (Fsp3) is 0.182. The minimum atomic E-state index is 0.929. The van der Waals surface area contributed by atoms with Crippen molar-refractivity contribution in [2.24, 2.45) is 0 Å². The highest BCUT2D eigenvalue weighted by atomic mass is 32.2. The van der Waals surface area contributed by atoms with Crippen LogP contribution >= 0.6 is 234 Å². The minimum Gasteiger partial charge on any atom is -0.109 e. The molecule has 0 N–H and O–H groups in total. The Hall–Kier alpha value is 0.760. The van der Waals surface area contributed by atoms with Crippen LogP contribution in [0.15, 0.2) is 131 Å². The van der Waals surface area contributed by atoms with Gasteiger partial charge in [0.05, 0.1) is 33.7 Å².